The summed E-state index contributed by atoms with van der Waals surface area (Å²) in [4.78, 5) is 12.4. The van der Waals surface area contributed by atoms with E-state index < -0.39 is 0 Å². The second kappa shape index (κ2) is 7.09. The Morgan fingerprint density at radius 3 is 2.48 bits per heavy atom. The summed E-state index contributed by atoms with van der Waals surface area (Å²) in [6.45, 7) is 0. The van der Waals surface area contributed by atoms with Crippen LogP contribution >= 0.6 is 0 Å². The molecule has 0 aliphatic carbocycles. The van der Waals surface area contributed by atoms with Gasteiger partial charge in [-0.3, -0.25) is 4.79 Å². The maximum atomic E-state index is 12.4. The summed E-state index contributed by atoms with van der Waals surface area (Å²) in [7, 11) is 4.77. The lowest BCUT2D eigenvalue weighted by Gasteiger charge is -2.10. The molecular formula is C19H19N3O3. The zero-order valence-electron chi connectivity index (χ0n) is 14.3. The number of carbonyl (C=O) groups is 1. The second-order valence-corrected chi connectivity index (χ2v) is 5.32. The van der Waals surface area contributed by atoms with E-state index in [9.17, 15) is 4.79 Å². The zero-order valence-corrected chi connectivity index (χ0v) is 14.3. The molecule has 1 aromatic heterocycles. The van der Waals surface area contributed by atoms with Crippen molar-refractivity contribution in [1.82, 2.24) is 15.1 Å². The molecule has 3 aromatic rings. The number of aromatic nitrogens is 2. The molecule has 0 bridgehead atoms. The number of methoxy groups -OCH3 is 2. The average Bonchev–Trinajstić information content (AvgIpc) is 3.12. The van der Waals surface area contributed by atoms with Crippen LogP contribution in [0.2, 0.25) is 0 Å². The fraction of sp³-hybridized carbons (Fsp3) is 0.158. The monoisotopic (exact) mass is 337 g/mol. The normalized spacial score (nSPS) is 10.4. The highest BCUT2D eigenvalue weighted by atomic mass is 16.5. The molecule has 0 aliphatic rings. The molecular weight excluding hydrogens is 318 g/mol. The smallest absolute Gasteiger partial charge is 0.254 e. The fourth-order valence-electron chi connectivity index (χ4n) is 2.59. The van der Waals surface area contributed by atoms with Crippen molar-refractivity contribution in [2.75, 3.05) is 21.3 Å². The summed E-state index contributed by atoms with van der Waals surface area (Å²) in [5, 5.41) is 7.28. The summed E-state index contributed by atoms with van der Waals surface area (Å²) in [5.74, 6) is 1.05. The van der Waals surface area contributed by atoms with Gasteiger partial charge in [0.05, 0.1) is 25.5 Å². The molecule has 2 aromatic carbocycles. The van der Waals surface area contributed by atoms with Crippen molar-refractivity contribution >= 4 is 5.91 Å². The van der Waals surface area contributed by atoms with Gasteiger partial charge in [0.25, 0.3) is 5.91 Å². The SMILES string of the molecule is CNC(=O)c1cn(-c2ccccc2)nc1-c1cc(OC)ccc1OC. The van der Waals surface area contributed by atoms with E-state index in [4.69, 9.17) is 9.47 Å². The maximum Gasteiger partial charge on any atom is 0.254 e. The molecule has 6 heteroatoms. The fourth-order valence-corrected chi connectivity index (χ4v) is 2.59. The van der Waals surface area contributed by atoms with Crippen LogP contribution in [-0.4, -0.2) is 37.0 Å². The first-order valence-corrected chi connectivity index (χ1v) is 7.77. The van der Waals surface area contributed by atoms with Gasteiger partial charge in [-0.25, -0.2) is 4.68 Å². The Morgan fingerprint density at radius 1 is 1.08 bits per heavy atom. The van der Waals surface area contributed by atoms with Gasteiger partial charge in [-0.2, -0.15) is 5.10 Å². The summed E-state index contributed by atoms with van der Waals surface area (Å²) < 4.78 is 12.4. The third kappa shape index (κ3) is 3.19. The van der Waals surface area contributed by atoms with Crippen LogP contribution in [0.5, 0.6) is 11.5 Å². The number of nitrogens with zero attached hydrogens (tertiary/aromatic N) is 2. The van der Waals surface area contributed by atoms with Crippen molar-refractivity contribution in [2.45, 2.75) is 0 Å². The highest BCUT2D eigenvalue weighted by Gasteiger charge is 2.21. The number of hydrogen-bond acceptors (Lipinski definition) is 4. The van der Waals surface area contributed by atoms with Crippen LogP contribution in [0.3, 0.4) is 0 Å². The van der Waals surface area contributed by atoms with Gasteiger partial charge in [0, 0.05) is 18.8 Å². The Morgan fingerprint density at radius 2 is 1.84 bits per heavy atom. The van der Waals surface area contributed by atoms with Crippen molar-refractivity contribution in [3.8, 4) is 28.4 Å². The van der Waals surface area contributed by atoms with Crippen LogP contribution in [-0.2, 0) is 0 Å². The molecule has 0 radical (unpaired) electrons. The first kappa shape index (κ1) is 16.6. The van der Waals surface area contributed by atoms with Crippen molar-refractivity contribution in [1.29, 1.82) is 0 Å². The Labute approximate surface area is 146 Å². The minimum atomic E-state index is -0.220. The highest BCUT2D eigenvalue weighted by Crippen LogP contribution is 2.34. The molecule has 0 atom stereocenters. The van der Waals surface area contributed by atoms with E-state index in [1.165, 1.54) is 0 Å². The van der Waals surface area contributed by atoms with Crippen LogP contribution in [0, 0.1) is 0 Å². The zero-order chi connectivity index (χ0) is 17.8. The van der Waals surface area contributed by atoms with E-state index in [-0.39, 0.29) is 5.91 Å². The molecule has 1 amide bonds. The number of carbonyl (C=O) groups excluding carboxylic acids is 1. The molecule has 0 aliphatic heterocycles. The second-order valence-electron chi connectivity index (χ2n) is 5.32. The Hall–Kier alpha value is -3.28. The molecule has 0 saturated heterocycles. The van der Waals surface area contributed by atoms with Gasteiger partial charge in [0.2, 0.25) is 0 Å². The van der Waals surface area contributed by atoms with Gasteiger partial charge >= 0.3 is 0 Å². The molecule has 0 spiro atoms. The van der Waals surface area contributed by atoms with Crippen LogP contribution in [0.1, 0.15) is 10.4 Å². The summed E-state index contributed by atoms with van der Waals surface area (Å²) in [6.07, 6.45) is 1.71. The standard InChI is InChI=1S/C19H19N3O3/c1-20-19(23)16-12-22(13-7-5-4-6-8-13)21-18(16)15-11-14(24-2)9-10-17(15)25-3/h4-12H,1-3H3,(H,20,23). The van der Waals surface area contributed by atoms with Crippen molar-refractivity contribution < 1.29 is 14.3 Å². The molecule has 1 heterocycles. The van der Waals surface area contributed by atoms with E-state index in [2.05, 4.69) is 10.4 Å². The number of nitrogens with one attached hydrogen (secondary N) is 1. The van der Waals surface area contributed by atoms with E-state index in [1.807, 2.05) is 36.4 Å². The molecule has 25 heavy (non-hydrogen) atoms. The molecule has 6 nitrogen and oxygen atoms in total. The summed E-state index contributed by atoms with van der Waals surface area (Å²) in [6, 6.07) is 15.0. The lowest BCUT2D eigenvalue weighted by molar-refractivity contribution is 0.0963. The number of para-hydroxylation sites is 1. The molecule has 3 rings (SSSR count). The molecule has 0 fully saturated rings. The van der Waals surface area contributed by atoms with E-state index >= 15 is 0 Å². The first-order valence-electron chi connectivity index (χ1n) is 7.77. The third-order valence-electron chi connectivity index (χ3n) is 3.87. The van der Waals surface area contributed by atoms with Crippen molar-refractivity contribution in [3.05, 3.63) is 60.3 Å². The van der Waals surface area contributed by atoms with E-state index in [1.54, 1.807) is 44.3 Å². The van der Waals surface area contributed by atoms with Gasteiger partial charge in [0.1, 0.15) is 17.2 Å². The Bertz CT molecular complexity index is 888. The van der Waals surface area contributed by atoms with Gasteiger partial charge < -0.3 is 14.8 Å². The van der Waals surface area contributed by atoms with Gasteiger partial charge in [0.15, 0.2) is 0 Å². The van der Waals surface area contributed by atoms with Gasteiger partial charge in [-0.15, -0.1) is 0 Å². The third-order valence-corrected chi connectivity index (χ3v) is 3.87. The largest absolute Gasteiger partial charge is 0.497 e. The predicted octanol–water partition coefficient (Wildman–Crippen LogP) is 2.92. The number of amides is 1. The number of benzene rings is 2. The average molecular weight is 337 g/mol. The quantitative estimate of drug-likeness (QED) is 0.777. The Balaban J connectivity index is 2.21. The number of ether oxygens (including phenoxy) is 2. The van der Waals surface area contributed by atoms with Gasteiger partial charge in [-0.1, -0.05) is 18.2 Å². The molecule has 1 N–H and O–H groups in total. The predicted molar refractivity (Wildman–Crippen MR) is 95.5 cm³/mol. The lowest BCUT2D eigenvalue weighted by atomic mass is 10.1. The summed E-state index contributed by atoms with van der Waals surface area (Å²) >= 11 is 0. The van der Waals surface area contributed by atoms with E-state index in [0.717, 1.165) is 5.69 Å². The van der Waals surface area contributed by atoms with Crippen LogP contribution < -0.4 is 14.8 Å². The maximum absolute atomic E-state index is 12.4. The Kier molecular flexibility index (Phi) is 4.70. The number of hydrogen-bond donors (Lipinski definition) is 1. The minimum Gasteiger partial charge on any atom is -0.497 e. The topological polar surface area (TPSA) is 65.4 Å². The summed E-state index contributed by atoms with van der Waals surface area (Å²) in [5.41, 5.74) is 2.53. The molecule has 0 unspecified atom stereocenters. The van der Waals surface area contributed by atoms with Crippen molar-refractivity contribution in [2.24, 2.45) is 0 Å². The van der Waals surface area contributed by atoms with Gasteiger partial charge in [-0.05, 0) is 30.3 Å². The number of rotatable bonds is 5. The van der Waals surface area contributed by atoms with Crippen LogP contribution in [0.15, 0.2) is 54.7 Å². The van der Waals surface area contributed by atoms with E-state index in [0.29, 0.717) is 28.3 Å². The van der Waals surface area contributed by atoms with Crippen LogP contribution in [0.25, 0.3) is 16.9 Å². The lowest BCUT2D eigenvalue weighted by Crippen LogP contribution is -2.18. The first-order chi connectivity index (χ1) is 12.2. The highest BCUT2D eigenvalue weighted by molar-refractivity contribution is 6.00. The van der Waals surface area contributed by atoms with Crippen molar-refractivity contribution in [3.63, 3.8) is 0 Å². The van der Waals surface area contributed by atoms with Crippen LogP contribution in [0.4, 0.5) is 0 Å². The molecule has 128 valence electrons. The molecule has 0 saturated carbocycles. The minimum absolute atomic E-state index is 0.220.